The highest BCUT2D eigenvalue weighted by molar-refractivity contribution is 6.39. The summed E-state index contributed by atoms with van der Waals surface area (Å²) in [5, 5.41) is 34.4. The molecule has 2 saturated heterocycles. The van der Waals surface area contributed by atoms with Crippen LogP contribution in [0.5, 0.6) is 0 Å². The third-order valence-electron chi connectivity index (χ3n) is 14.9. The summed E-state index contributed by atoms with van der Waals surface area (Å²) in [6.45, 7) is 14.5. The van der Waals surface area contributed by atoms with E-state index in [2.05, 4.69) is 0 Å². The van der Waals surface area contributed by atoms with Crippen LogP contribution in [-0.4, -0.2) is 131 Å². The summed E-state index contributed by atoms with van der Waals surface area (Å²) in [5.41, 5.74) is 0.198. The molecule has 1 saturated carbocycles. The van der Waals surface area contributed by atoms with E-state index >= 15 is 0 Å². The second-order valence-electron chi connectivity index (χ2n) is 20.3. The molecule has 14 nitrogen and oxygen atoms in total. The van der Waals surface area contributed by atoms with Gasteiger partial charge in [0.1, 0.15) is 18.2 Å². The molecule has 0 spiro atoms. The lowest BCUT2D eigenvalue weighted by Gasteiger charge is -2.43. The number of methoxy groups -OCH3 is 3. The normalized spacial score (nSPS) is 39.4. The zero-order chi connectivity index (χ0) is 49.1. The molecule has 4 aliphatic rings. The van der Waals surface area contributed by atoms with Crippen LogP contribution in [0.25, 0.3) is 0 Å². The second-order valence-corrected chi connectivity index (χ2v) is 20.3. The maximum Gasteiger partial charge on any atom is 0.329 e. The molecule has 0 radical (unpaired) electrons. The predicted molar refractivity (Wildman–Crippen MR) is 250 cm³/mol. The fourth-order valence-electron chi connectivity index (χ4n) is 10.4. The molecule has 1 amide bonds. The molecule has 3 N–H and O–H groups in total. The highest BCUT2D eigenvalue weighted by atomic mass is 16.6. The average molecular weight is 928 g/mol. The van der Waals surface area contributed by atoms with Crippen molar-refractivity contribution in [2.45, 2.75) is 186 Å². The zero-order valence-corrected chi connectivity index (χ0v) is 41.5. The summed E-state index contributed by atoms with van der Waals surface area (Å²) in [5.74, 6) is -7.99. The Labute approximate surface area is 393 Å². The van der Waals surface area contributed by atoms with Crippen molar-refractivity contribution in [3.05, 3.63) is 47.6 Å². The van der Waals surface area contributed by atoms with Crippen LogP contribution in [0.4, 0.5) is 0 Å². The number of ether oxygens (including phenoxy) is 5. The Morgan fingerprint density at radius 1 is 0.879 bits per heavy atom. The van der Waals surface area contributed by atoms with Crippen LogP contribution in [0.3, 0.4) is 0 Å². The van der Waals surface area contributed by atoms with E-state index in [-0.39, 0.29) is 48.7 Å². The van der Waals surface area contributed by atoms with E-state index in [1.165, 1.54) is 12.0 Å². The maximum absolute atomic E-state index is 14.4. The number of aliphatic hydroxyl groups is 3. The van der Waals surface area contributed by atoms with Crippen LogP contribution in [0.1, 0.15) is 132 Å². The summed E-state index contributed by atoms with van der Waals surface area (Å²) >= 11 is 0. The molecule has 4 rings (SSSR count). The maximum atomic E-state index is 14.4. The molecule has 0 aromatic carbocycles. The van der Waals surface area contributed by atoms with Crippen molar-refractivity contribution in [1.82, 2.24) is 4.90 Å². The lowest BCUT2D eigenvalue weighted by atomic mass is 9.74. The molecule has 66 heavy (non-hydrogen) atoms. The van der Waals surface area contributed by atoms with Crippen molar-refractivity contribution in [3.8, 4) is 0 Å². The number of allylic oxidation sites excluding steroid dienone is 6. The number of nitrogens with zero attached hydrogens (tertiary/aromatic N) is 1. The Hall–Kier alpha value is -3.37. The van der Waals surface area contributed by atoms with Gasteiger partial charge in [-0.25, -0.2) is 4.79 Å². The summed E-state index contributed by atoms with van der Waals surface area (Å²) in [4.78, 5) is 71.9. The topological polar surface area (TPSA) is 195 Å². The summed E-state index contributed by atoms with van der Waals surface area (Å²) in [6.07, 6.45) is 11.6. The number of Topliss-reactive ketones (excluding diaryl/α,β-unsaturated/α-hetero) is 3. The number of amides is 1. The van der Waals surface area contributed by atoms with Gasteiger partial charge in [0.05, 0.1) is 30.0 Å². The number of rotatable bonds is 6. The van der Waals surface area contributed by atoms with Crippen molar-refractivity contribution in [3.63, 3.8) is 0 Å². The third-order valence-corrected chi connectivity index (χ3v) is 14.9. The lowest BCUT2D eigenvalue weighted by Crippen LogP contribution is -2.61. The van der Waals surface area contributed by atoms with E-state index in [1.54, 1.807) is 48.0 Å². The van der Waals surface area contributed by atoms with E-state index in [1.807, 2.05) is 58.1 Å². The Morgan fingerprint density at radius 3 is 2.26 bits per heavy atom. The van der Waals surface area contributed by atoms with Crippen LogP contribution in [0, 0.1) is 35.5 Å². The molecule has 14 heteroatoms. The Kier molecular flexibility index (Phi) is 20.7. The van der Waals surface area contributed by atoms with Gasteiger partial charge in [0.25, 0.3) is 11.7 Å². The number of carbonyl (C=O) groups excluding carboxylic acids is 5. The van der Waals surface area contributed by atoms with Gasteiger partial charge in [0, 0.05) is 58.5 Å². The van der Waals surface area contributed by atoms with Gasteiger partial charge >= 0.3 is 5.97 Å². The number of hydrogen-bond donors (Lipinski definition) is 3. The van der Waals surface area contributed by atoms with E-state index < -0.39 is 89.5 Å². The quantitative estimate of drug-likeness (QED) is 0.191. The minimum Gasteiger partial charge on any atom is -0.460 e. The molecule has 0 aromatic rings. The van der Waals surface area contributed by atoms with Crippen molar-refractivity contribution >= 4 is 29.2 Å². The summed E-state index contributed by atoms with van der Waals surface area (Å²) in [6, 6.07) is -1.15. The first-order chi connectivity index (χ1) is 31.1. The summed E-state index contributed by atoms with van der Waals surface area (Å²) < 4.78 is 29.5. The standard InChI is InChI=1S/C52H81NO13/c1-31-17-13-12-14-18-32(2)42(62-9)29-39-21-20-37(7)52(61,66-39)48(57)49(58)53-24-16-15-19-40(53)50(59)65-43(34(4)27-38-22-23-51(8,60)44(28-38)63-10)30-41(54)33(3)26-36(6)46(56)47(64-11)45(55)35(5)25-31/h12-14,17-18,26,31,34-40,42-44,46-47,56,60-61H,15-16,19-25,27-30H2,1-11H3/b14-12?,17-13?,32-18?,33-26+. The van der Waals surface area contributed by atoms with Crippen molar-refractivity contribution in [2.24, 2.45) is 35.5 Å². The molecular weight excluding hydrogens is 847 g/mol. The van der Waals surface area contributed by atoms with E-state index in [0.29, 0.717) is 69.8 Å². The smallest absolute Gasteiger partial charge is 0.329 e. The number of piperidine rings is 1. The molecular formula is C52H81NO13. The number of ketones is 3. The van der Waals surface area contributed by atoms with Gasteiger partial charge < -0.3 is 43.9 Å². The monoisotopic (exact) mass is 928 g/mol. The van der Waals surface area contributed by atoms with Crippen LogP contribution >= 0.6 is 0 Å². The molecule has 15 unspecified atom stereocenters. The molecule has 2 bridgehead atoms. The van der Waals surface area contributed by atoms with Crippen molar-refractivity contribution < 1.29 is 63.0 Å². The average Bonchev–Trinajstić information content (AvgIpc) is 3.28. The third kappa shape index (κ3) is 14.1. The van der Waals surface area contributed by atoms with Gasteiger partial charge in [0.2, 0.25) is 5.79 Å². The van der Waals surface area contributed by atoms with E-state index in [9.17, 15) is 39.3 Å². The fourth-order valence-corrected chi connectivity index (χ4v) is 10.4. The Balaban J connectivity index is 1.71. The van der Waals surface area contributed by atoms with E-state index in [4.69, 9.17) is 23.7 Å². The highest BCUT2D eigenvalue weighted by Crippen LogP contribution is 2.39. The first kappa shape index (κ1) is 55.2. The first-order valence-electron chi connectivity index (χ1n) is 24.3. The molecule has 3 heterocycles. The molecule has 1 aliphatic carbocycles. The largest absolute Gasteiger partial charge is 0.460 e. The SMILES string of the molecule is COC1CC2CCC(C)C(O)(O2)C(=O)C(=O)N2CCCCC2C(=O)OC(C(C)CC2CCC(C)(O)C(OC)C2)CC(=O)/C(C)=C/C(C)C(O)C(OC)C(=O)C(C)CC(C)C=CC=CC=C1C. The van der Waals surface area contributed by atoms with Crippen LogP contribution in [0.2, 0.25) is 0 Å². The summed E-state index contributed by atoms with van der Waals surface area (Å²) in [7, 11) is 4.53. The molecule has 0 aromatic heterocycles. The Morgan fingerprint density at radius 2 is 1.59 bits per heavy atom. The van der Waals surface area contributed by atoms with Crippen molar-refractivity contribution in [2.75, 3.05) is 27.9 Å². The van der Waals surface area contributed by atoms with Crippen molar-refractivity contribution in [1.29, 1.82) is 0 Å². The Bertz CT molecular complexity index is 1800. The first-order valence-corrected chi connectivity index (χ1v) is 24.3. The van der Waals surface area contributed by atoms with Gasteiger partial charge in [-0.3, -0.25) is 19.2 Å². The fraction of sp³-hybridized carbons (Fsp3) is 0.750. The number of fused-ring (bicyclic) bond motifs is 3. The number of carbonyl (C=O) groups is 5. The number of cyclic esters (lactones) is 1. The second kappa shape index (κ2) is 24.8. The van der Waals surface area contributed by atoms with Crippen LogP contribution in [0.15, 0.2) is 47.6 Å². The van der Waals surface area contributed by atoms with E-state index in [0.717, 1.165) is 5.57 Å². The van der Waals surface area contributed by atoms with Gasteiger partial charge in [-0.1, -0.05) is 71.1 Å². The van der Waals surface area contributed by atoms with Gasteiger partial charge in [-0.15, -0.1) is 0 Å². The number of esters is 1. The van der Waals surface area contributed by atoms with Gasteiger partial charge in [-0.05, 0) is 114 Å². The molecule has 3 aliphatic heterocycles. The van der Waals surface area contributed by atoms with Gasteiger partial charge in [-0.2, -0.15) is 0 Å². The minimum absolute atomic E-state index is 0.0204. The van der Waals surface area contributed by atoms with Crippen LogP contribution < -0.4 is 0 Å². The number of aliphatic hydroxyl groups excluding tert-OH is 1. The zero-order valence-electron chi connectivity index (χ0n) is 41.5. The van der Waals surface area contributed by atoms with Crippen LogP contribution in [-0.2, 0) is 47.7 Å². The number of hydrogen-bond acceptors (Lipinski definition) is 13. The molecule has 3 fully saturated rings. The molecule has 15 atom stereocenters. The predicted octanol–water partition coefficient (Wildman–Crippen LogP) is 6.57. The van der Waals surface area contributed by atoms with Gasteiger partial charge in [0.15, 0.2) is 11.6 Å². The minimum atomic E-state index is -2.43. The molecule has 372 valence electrons. The lowest BCUT2D eigenvalue weighted by molar-refractivity contribution is -0.265. The highest BCUT2D eigenvalue weighted by Gasteiger charge is 2.53.